The summed E-state index contributed by atoms with van der Waals surface area (Å²) >= 11 is 3.35. The summed E-state index contributed by atoms with van der Waals surface area (Å²) in [5.74, 6) is -0.215. The first-order chi connectivity index (χ1) is 12.5. The molecule has 3 aromatic carbocycles. The molecule has 0 radical (unpaired) electrons. The van der Waals surface area contributed by atoms with E-state index in [9.17, 15) is 9.90 Å². The van der Waals surface area contributed by atoms with Crippen LogP contribution in [-0.4, -0.2) is 17.6 Å². The van der Waals surface area contributed by atoms with Crippen molar-refractivity contribution in [1.82, 2.24) is 5.32 Å². The number of hydrogen-bond acceptors (Lipinski definition) is 2. The van der Waals surface area contributed by atoms with Gasteiger partial charge in [-0.2, -0.15) is 0 Å². The highest BCUT2D eigenvalue weighted by atomic mass is 79.9. The molecule has 0 spiro atoms. The van der Waals surface area contributed by atoms with E-state index in [2.05, 4.69) is 21.2 Å². The molecule has 2 N–H and O–H groups in total. The van der Waals surface area contributed by atoms with Gasteiger partial charge in [0.25, 0.3) is 5.91 Å². The zero-order chi connectivity index (χ0) is 18.6. The second-order valence-corrected chi connectivity index (χ2v) is 7.33. The lowest BCUT2D eigenvalue weighted by atomic mass is 9.93. The maximum absolute atomic E-state index is 12.3. The molecule has 0 aliphatic rings. The van der Waals surface area contributed by atoms with E-state index >= 15 is 0 Å². The molecule has 0 fully saturated rings. The predicted octanol–water partition coefficient (Wildman–Crippen LogP) is 4.75. The van der Waals surface area contributed by atoms with Gasteiger partial charge in [-0.15, -0.1) is 0 Å². The van der Waals surface area contributed by atoms with Crippen molar-refractivity contribution in [1.29, 1.82) is 0 Å². The molecule has 0 saturated carbocycles. The molecular formula is C22H20BrNO2. The maximum Gasteiger partial charge on any atom is 0.251 e. The van der Waals surface area contributed by atoms with Crippen LogP contribution in [-0.2, 0) is 5.60 Å². The Morgan fingerprint density at radius 2 is 1.62 bits per heavy atom. The molecule has 1 atom stereocenters. The number of hydrogen-bond donors (Lipinski definition) is 2. The van der Waals surface area contributed by atoms with Gasteiger partial charge in [-0.05, 0) is 41.8 Å². The summed E-state index contributed by atoms with van der Waals surface area (Å²) in [5, 5.41) is 13.6. The van der Waals surface area contributed by atoms with E-state index in [-0.39, 0.29) is 12.5 Å². The summed E-state index contributed by atoms with van der Waals surface area (Å²) in [6.45, 7) is 1.83. The van der Waals surface area contributed by atoms with Crippen molar-refractivity contribution in [2.45, 2.75) is 12.5 Å². The van der Waals surface area contributed by atoms with Crippen LogP contribution >= 0.6 is 15.9 Å². The Labute approximate surface area is 161 Å². The van der Waals surface area contributed by atoms with Crippen molar-refractivity contribution < 1.29 is 9.90 Å². The van der Waals surface area contributed by atoms with Crippen LogP contribution in [0.25, 0.3) is 11.1 Å². The average molecular weight is 410 g/mol. The highest BCUT2D eigenvalue weighted by molar-refractivity contribution is 9.10. The fourth-order valence-electron chi connectivity index (χ4n) is 2.74. The van der Waals surface area contributed by atoms with E-state index in [1.165, 1.54) is 0 Å². The Morgan fingerprint density at radius 3 is 2.27 bits per heavy atom. The lowest BCUT2D eigenvalue weighted by molar-refractivity contribution is 0.0526. The van der Waals surface area contributed by atoms with Crippen LogP contribution in [0.2, 0.25) is 0 Å². The standard InChI is InChI=1S/C22H20BrNO2/c1-22(26,15-24-21(25)18-8-5-9-20(23)14-18)19-12-10-17(11-13-19)16-6-3-2-4-7-16/h2-14,26H,15H2,1H3,(H,24,25). The minimum Gasteiger partial charge on any atom is -0.384 e. The normalized spacial score (nSPS) is 13.0. The van der Waals surface area contributed by atoms with Crippen molar-refractivity contribution in [2.24, 2.45) is 0 Å². The van der Waals surface area contributed by atoms with Gasteiger partial charge < -0.3 is 10.4 Å². The Morgan fingerprint density at radius 1 is 0.962 bits per heavy atom. The van der Waals surface area contributed by atoms with Gasteiger partial charge in [0.1, 0.15) is 5.60 Å². The topological polar surface area (TPSA) is 49.3 Å². The van der Waals surface area contributed by atoms with E-state index in [0.717, 1.165) is 21.2 Å². The van der Waals surface area contributed by atoms with Crippen LogP contribution in [0.3, 0.4) is 0 Å². The number of benzene rings is 3. The Bertz CT molecular complexity index is 890. The van der Waals surface area contributed by atoms with Crippen molar-refractivity contribution >= 4 is 21.8 Å². The number of nitrogens with one attached hydrogen (secondary N) is 1. The lowest BCUT2D eigenvalue weighted by Gasteiger charge is -2.24. The van der Waals surface area contributed by atoms with Gasteiger partial charge in [0.15, 0.2) is 0 Å². The number of aliphatic hydroxyl groups is 1. The summed E-state index contributed by atoms with van der Waals surface area (Å²) in [4.78, 5) is 12.3. The number of halogens is 1. The van der Waals surface area contributed by atoms with E-state index in [0.29, 0.717) is 5.56 Å². The third-order valence-electron chi connectivity index (χ3n) is 4.29. The monoisotopic (exact) mass is 409 g/mol. The second-order valence-electron chi connectivity index (χ2n) is 6.41. The minimum atomic E-state index is -1.16. The van der Waals surface area contributed by atoms with E-state index in [4.69, 9.17) is 0 Å². The predicted molar refractivity (Wildman–Crippen MR) is 108 cm³/mol. The maximum atomic E-state index is 12.3. The molecule has 3 aromatic rings. The summed E-state index contributed by atoms with van der Waals surface area (Å²) in [5.41, 5.74) is 2.36. The van der Waals surface area contributed by atoms with E-state index in [1.807, 2.05) is 60.7 Å². The molecule has 3 rings (SSSR count). The first kappa shape index (κ1) is 18.4. The number of carbonyl (C=O) groups is 1. The smallest absolute Gasteiger partial charge is 0.251 e. The van der Waals surface area contributed by atoms with Gasteiger partial charge in [0.2, 0.25) is 0 Å². The molecule has 0 aliphatic heterocycles. The van der Waals surface area contributed by atoms with Crippen molar-refractivity contribution in [2.75, 3.05) is 6.54 Å². The molecule has 0 saturated heterocycles. The zero-order valence-corrected chi connectivity index (χ0v) is 16.0. The highest BCUT2D eigenvalue weighted by Crippen LogP contribution is 2.25. The van der Waals surface area contributed by atoms with E-state index < -0.39 is 5.60 Å². The summed E-state index contributed by atoms with van der Waals surface area (Å²) in [7, 11) is 0. The molecule has 0 aromatic heterocycles. The highest BCUT2D eigenvalue weighted by Gasteiger charge is 2.24. The van der Waals surface area contributed by atoms with Gasteiger partial charge in [0.05, 0.1) is 6.54 Å². The van der Waals surface area contributed by atoms with E-state index in [1.54, 1.807) is 25.1 Å². The van der Waals surface area contributed by atoms with Gasteiger partial charge in [-0.25, -0.2) is 0 Å². The van der Waals surface area contributed by atoms with Crippen molar-refractivity contribution in [3.8, 4) is 11.1 Å². The first-order valence-corrected chi connectivity index (χ1v) is 9.17. The second kappa shape index (κ2) is 7.85. The molecule has 0 aliphatic carbocycles. The SMILES string of the molecule is CC(O)(CNC(=O)c1cccc(Br)c1)c1ccc(-c2ccccc2)cc1. The van der Waals surface area contributed by atoms with Crippen molar-refractivity contribution in [3.63, 3.8) is 0 Å². The molecule has 26 heavy (non-hydrogen) atoms. The molecule has 3 nitrogen and oxygen atoms in total. The summed E-state index contributed by atoms with van der Waals surface area (Å²) in [6.07, 6.45) is 0. The minimum absolute atomic E-state index is 0.128. The van der Waals surface area contributed by atoms with Gasteiger partial charge in [-0.3, -0.25) is 4.79 Å². The van der Waals surface area contributed by atoms with Crippen LogP contribution in [0.15, 0.2) is 83.3 Å². The zero-order valence-electron chi connectivity index (χ0n) is 14.4. The van der Waals surface area contributed by atoms with Crippen LogP contribution in [0.4, 0.5) is 0 Å². The molecule has 4 heteroatoms. The Hall–Kier alpha value is -2.43. The molecular weight excluding hydrogens is 390 g/mol. The summed E-state index contributed by atoms with van der Waals surface area (Å²) in [6, 6.07) is 25.0. The van der Waals surface area contributed by atoms with Crippen molar-refractivity contribution in [3.05, 3.63) is 94.5 Å². The van der Waals surface area contributed by atoms with Crippen LogP contribution in [0.1, 0.15) is 22.8 Å². The van der Waals surface area contributed by atoms with Gasteiger partial charge in [0, 0.05) is 10.0 Å². The molecule has 1 amide bonds. The molecule has 0 heterocycles. The number of amides is 1. The largest absolute Gasteiger partial charge is 0.384 e. The van der Waals surface area contributed by atoms with Gasteiger partial charge in [-0.1, -0.05) is 76.6 Å². The number of carbonyl (C=O) groups excluding carboxylic acids is 1. The first-order valence-electron chi connectivity index (χ1n) is 8.38. The Balaban J connectivity index is 1.69. The number of rotatable bonds is 5. The quantitative estimate of drug-likeness (QED) is 0.638. The molecule has 132 valence electrons. The Kier molecular flexibility index (Phi) is 5.55. The third kappa shape index (κ3) is 4.40. The van der Waals surface area contributed by atoms with Crippen LogP contribution in [0.5, 0.6) is 0 Å². The fourth-order valence-corrected chi connectivity index (χ4v) is 3.14. The lowest BCUT2D eigenvalue weighted by Crippen LogP contribution is -2.38. The van der Waals surface area contributed by atoms with Crippen LogP contribution < -0.4 is 5.32 Å². The molecule has 0 bridgehead atoms. The van der Waals surface area contributed by atoms with Gasteiger partial charge >= 0.3 is 0 Å². The van der Waals surface area contributed by atoms with Crippen LogP contribution in [0, 0.1) is 0 Å². The summed E-state index contributed by atoms with van der Waals surface area (Å²) < 4.78 is 0.841. The fraction of sp³-hybridized carbons (Fsp3) is 0.136. The molecule has 1 unspecified atom stereocenters. The third-order valence-corrected chi connectivity index (χ3v) is 4.79. The average Bonchev–Trinajstić information content (AvgIpc) is 2.67.